The lowest BCUT2D eigenvalue weighted by atomic mass is 10.4. The fourth-order valence-corrected chi connectivity index (χ4v) is 1.01. The SMILES string of the molecule is CCN(CC(=O)O)Cc1ccno1. The number of aromatic nitrogens is 1. The maximum absolute atomic E-state index is 10.4. The highest BCUT2D eigenvalue weighted by Crippen LogP contribution is 2.02. The summed E-state index contributed by atoms with van der Waals surface area (Å²) in [6, 6.07) is 1.73. The molecule has 5 heteroatoms. The molecule has 13 heavy (non-hydrogen) atoms. The Morgan fingerprint density at radius 1 is 1.77 bits per heavy atom. The summed E-state index contributed by atoms with van der Waals surface area (Å²) < 4.78 is 4.86. The Labute approximate surface area is 75.9 Å². The number of likely N-dealkylation sites (N-methyl/N-ethyl adjacent to an activating group) is 1. The summed E-state index contributed by atoms with van der Waals surface area (Å²) in [5.74, 6) is -0.149. The van der Waals surface area contributed by atoms with E-state index in [1.165, 1.54) is 0 Å². The zero-order valence-electron chi connectivity index (χ0n) is 7.43. The third-order valence-electron chi connectivity index (χ3n) is 1.68. The Morgan fingerprint density at radius 2 is 2.54 bits per heavy atom. The molecule has 0 spiro atoms. The summed E-state index contributed by atoms with van der Waals surface area (Å²) in [6.07, 6.45) is 1.55. The molecule has 0 saturated heterocycles. The first-order valence-electron chi connectivity index (χ1n) is 4.06. The van der Waals surface area contributed by atoms with E-state index < -0.39 is 5.97 Å². The number of carbonyl (C=O) groups is 1. The molecule has 0 aliphatic rings. The summed E-state index contributed by atoms with van der Waals surface area (Å²) in [5, 5.41) is 12.1. The summed E-state index contributed by atoms with van der Waals surface area (Å²) in [6.45, 7) is 3.09. The molecule has 0 saturated carbocycles. The summed E-state index contributed by atoms with van der Waals surface area (Å²) in [7, 11) is 0. The predicted octanol–water partition coefficient (Wildman–Crippen LogP) is 0.581. The van der Waals surface area contributed by atoms with E-state index in [-0.39, 0.29) is 6.54 Å². The third-order valence-corrected chi connectivity index (χ3v) is 1.68. The van der Waals surface area contributed by atoms with E-state index in [9.17, 15) is 4.79 Å². The highest BCUT2D eigenvalue weighted by atomic mass is 16.5. The fourth-order valence-electron chi connectivity index (χ4n) is 1.01. The molecule has 0 atom stereocenters. The number of aliphatic carboxylic acids is 1. The Hall–Kier alpha value is -1.36. The molecule has 0 aliphatic carbocycles. The second-order valence-electron chi connectivity index (χ2n) is 2.68. The third kappa shape index (κ3) is 3.25. The molecule has 0 amide bonds. The number of rotatable bonds is 5. The van der Waals surface area contributed by atoms with Gasteiger partial charge in [0.05, 0.1) is 19.3 Å². The van der Waals surface area contributed by atoms with Gasteiger partial charge in [-0.25, -0.2) is 0 Å². The van der Waals surface area contributed by atoms with Crippen LogP contribution in [0.3, 0.4) is 0 Å². The van der Waals surface area contributed by atoms with Crippen molar-refractivity contribution in [1.82, 2.24) is 10.1 Å². The van der Waals surface area contributed by atoms with Crippen molar-refractivity contribution in [3.63, 3.8) is 0 Å². The van der Waals surface area contributed by atoms with Crippen LogP contribution in [0.15, 0.2) is 16.8 Å². The van der Waals surface area contributed by atoms with Crippen LogP contribution in [-0.4, -0.2) is 34.2 Å². The molecule has 0 aromatic carbocycles. The first-order chi connectivity index (χ1) is 6.22. The van der Waals surface area contributed by atoms with Crippen LogP contribution in [0.2, 0.25) is 0 Å². The lowest BCUT2D eigenvalue weighted by Crippen LogP contribution is -2.28. The zero-order chi connectivity index (χ0) is 9.68. The standard InChI is InChI=1S/C8H12N2O3/c1-2-10(6-8(11)12)5-7-3-4-9-13-7/h3-4H,2,5-6H2,1H3,(H,11,12). The van der Waals surface area contributed by atoms with Gasteiger partial charge in [-0.15, -0.1) is 0 Å². The Kier molecular flexibility index (Phi) is 3.45. The molecule has 0 unspecified atom stereocenters. The minimum Gasteiger partial charge on any atom is -0.480 e. The molecule has 1 N–H and O–H groups in total. The molecule has 72 valence electrons. The number of carboxylic acids is 1. The molecule has 0 bridgehead atoms. The van der Waals surface area contributed by atoms with Crippen molar-refractivity contribution in [3.8, 4) is 0 Å². The van der Waals surface area contributed by atoms with E-state index in [1.54, 1.807) is 17.2 Å². The van der Waals surface area contributed by atoms with Crippen LogP contribution in [0.5, 0.6) is 0 Å². The summed E-state index contributed by atoms with van der Waals surface area (Å²) in [4.78, 5) is 12.2. The van der Waals surface area contributed by atoms with E-state index in [0.717, 1.165) is 0 Å². The van der Waals surface area contributed by atoms with E-state index in [4.69, 9.17) is 9.63 Å². The highest BCUT2D eigenvalue weighted by molar-refractivity contribution is 5.69. The van der Waals surface area contributed by atoms with Gasteiger partial charge in [0.15, 0.2) is 5.76 Å². The summed E-state index contributed by atoms with van der Waals surface area (Å²) >= 11 is 0. The predicted molar refractivity (Wildman–Crippen MR) is 45.1 cm³/mol. The lowest BCUT2D eigenvalue weighted by molar-refractivity contribution is -0.138. The van der Waals surface area contributed by atoms with Crippen molar-refractivity contribution in [3.05, 3.63) is 18.0 Å². The van der Waals surface area contributed by atoms with Gasteiger partial charge in [-0.2, -0.15) is 0 Å². The largest absolute Gasteiger partial charge is 0.480 e. The van der Waals surface area contributed by atoms with Crippen LogP contribution in [0.25, 0.3) is 0 Å². The van der Waals surface area contributed by atoms with Crippen LogP contribution in [-0.2, 0) is 11.3 Å². The first kappa shape index (κ1) is 9.73. The average molecular weight is 184 g/mol. The van der Waals surface area contributed by atoms with Gasteiger partial charge >= 0.3 is 5.97 Å². The van der Waals surface area contributed by atoms with E-state index >= 15 is 0 Å². The van der Waals surface area contributed by atoms with Crippen molar-refractivity contribution in [2.45, 2.75) is 13.5 Å². The maximum atomic E-state index is 10.4. The van der Waals surface area contributed by atoms with Crippen LogP contribution in [0, 0.1) is 0 Å². The molecule has 1 aromatic heterocycles. The minimum atomic E-state index is -0.832. The first-order valence-corrected chi connectivity index (χ1v) is 4.06. The zero-order valence-corrected chi connectivity index (χ0v) is 7.43. The Morgan fingerprint density at radius 3 is 3.00 bits per heavy atom. The number of hydrogen-bond acceptors (Lipinski definition) is 4. The number of nitrogens with zero attached hydrogens (tertiary/aromatic N) is 2. The van der Waals surface area contributed by atoms with Gasteiger partial charge in [-0.3, -0.25) is 9.69 Å². The molecular formula is C8H12N2O3. The second kappa shape index (κ2) is 4.61. The lowest BCUT2D eigenvalue weighted by Gasteiger charge is -2.15. The molecule has 0 aliphatic heterocycles. The van der Waals surface area contributed by atoms with Crippen molar-refractivity contribution in [2.24, 2.45) is 0 Å². The van der Waals surface area contributed by atoms with Gasteiger partial charge in [0, 0.05) is 6.07 Å². The van der Waals surface area contributed by atoms with Crippen molar-refractivity contribution in [1.29, 1.82) is 0 Å². The minimum absolute atomic E-state index is 0.0250. The number of carboxylic acid groups (broad SMARTS) is 1. The molecule has 1 rings (SSSR count). The normalized spacial score (nSPS) is 10.6. The van der Waals surface area contributed by atoms with Gasteiger partial charge in [0.2, 0.25) is 0 Å². The molecule has 1 heterocycles. The quantitative estimate of drug-likeness (QED) is 0.725. The second-order valence-corrected chi connectivity index (χ2v) is 2.68. The molecule has 0 radical (unpaired) electrons. The smallest absolute Gasteiger partial charge is 0.317 e. The van der Waals surface area contributed by atoms with Crippen LogP contribution < -0.4 is 0 Å². The van der Waals surface area contributed by atoms with Gasteiger partial charge < -0.3 is 9.63 Å². The van der Waals surface area contributed by atoms with Crippen molar-refractivity contribution < 1.29 is 14.4 Å². The molecular weight excluding hydrogens is 172 g/mol. The average Bonchev–Trinajstić information content (AvgIpc) is 2.55. The number of hydrogen-bond donors (Lipinski definition) is 1. The fraction of sp³-hybridized carbons (Fsp3) is 0.500. The van der Waals surface area contributed by atoms with Crippen molar-refractivity contribution >= 4 is 5.97 Å². The van der Waals surface area contributed by atoms with E-state index in [1.807, 2.05) is 6.92 Å². The van der Waals surface area contributed by atoms with Gasteiger partial charge in [-0.1, -0.05) is 12.1 Å². The van der Waals surface area contributed by atoms with Gasteiger partial charge in [-0.05, 0) is 6.54 Å². The van der Waals surface area contributed by atoms with Crippen LogP contribution in [0.1, 0.15) is 12.7 Å². The van der Waals surface area contributed by atoms with E-state index in [0.29, 0.717) is 18.8 Å². The monoisotopic (exact) mass is 184 g/mol. The Balaban J connectivity index is 2.45. The van der Waals surface area contributed by atoms with Crippen LogP contribution in [0.4, 0.5) is 0 Å². The summed E-state index contributed by atoms with van der Waals surface area (Å²) in [5.41, 5.74) is 0. The molecule has 5 nitrogen and oxygen atoms in total. The van der Waals surface area contributed by atoms with Gasteiger partial charge in [0.1, 0.15) is 0 Å². The topological polar surface area (TPSA) is 66.6 Å². The molecule has 1 aromatic rings. The maximum Gasteiger partial charge on any atom is 0.317 e. The highest BCUT2D eigenvalue weighted by Gasteiger charge is 2.09. The van der Waals surface area contributed by atoms with Crippen molar-refractivity contribution in [2.75, 3.05) is 13.1 Å². The molecule has 0 fully saturated rings. The van der Waals surface area contributed by atoms with Crippen LogP contribution >= 0.6 is 0 Å². The Bertz CT molecular complexity index is 258. The van der Waals surface area contributed by atoms with Gasteiger partial charge in [0.25, 0.3) is 0 Å². The van der Waals surface area contributed by atoms with E-state index in [2.05, 4.69) is 5.16 Å².